The van der Waals surface area contributed by atoms with Crippen LogP contribution in [-0.4, -0.2) is 29.2 Å². The summed E-state index contributed by atoms with van der Waals surface area (Å²) in [7, 11) is 0. The second kappa shape index (κ2) is 4.11. The number of ether oxygens (including phenoxy) is 1. The van der Waals surface area contributed by atoms with Crippen molar-refractivity contribution >= 4 is 5.91 Å². The summed E-state index contributed by atoms with van der Waals surface area (Å²) in [5.74, 6) is -0.596. The maximum Gasteiger partial charge on any atom is 0.256 e. The van der Waals surface area contributed by atoms with Crippen LogP contribution in [0.1, 0.15) is 31.1 Å². The minimum absolute atomic E-state index is 0.195. The van der Waals surface area contributed by atoms with Gasteiger partial charge in [-0.25, -0.2) is 4.39 Å². The highest BCUT2D eigenvalue weighted by atomic mass is 19.1. The van der Waals surface area contributed by atoms with E-state index in [1.54, 1.807) is 11.0 Å². The van der Waals surface area contributed by atoms with E-state index in [4.69, 9.17) is 4.74 Å². The zero-order valence-electron chi connectivity index (χ0n) is 10.2. The van der Waals surface area contributed by atoms with Gasteiger partial charge in [0.05, 0.1) is 12.1 Å². The minimum atomic E-state index is -0.401. The molecule has 1 aromatic rings. The summed E-state index contributed by atoms with van der Waals surface area (Å²) in [4.78, 5) is 14.0. The summed E-state index contributed by atoms with van der Waals surface area (Å²) in [6, 6.07) is 5.74. The Morgan fingerprint density at radius 1 is 1.53 bits per heavy atom. The lowest BCUT2D eigenvalue weighted by atomic mass is 10.0. The van der Waals surface area contributed by atoms with Crippen LogP contribution in [0.25, 0.3) is 0 Å². The van der Waals surface area contributed by atoms with Crippen molar-refractivity contribution in [2.75, 3.05) is 6.61 Å². The molecule has 1 aliphatic rings. The summed E-state index contributed by atoms with van der Waals surface area (Å²) < 4.78 is 18.6. The predicted molar refractivity (Wildman–Crippen MR) is 62.1 cm³/mol. The first-order valence-electron chi connectivity index (χ1n) is 5.63. The molecule has 1 saturated heterocycles. The number of rotatable bonds is 1. The number of carbonyl (C=O) groups excluding carboxylic acids is 1. The molecule has 0 saturated carbocycles. The van der Waals surface area contributed by atoms with Crippen molar-refractivity contribution in [3.05, 3.63) is 35.6 Å². The molecule has 0 aliphatic carbocycles. The first kappa shape index (κ1) is 12.0. The largest absolute Gasteiger partial charge is 0.356 e. The Kier molecular flexibility index (Phi) is 2.91. The molecule has 92 valence electrons. The lowest BCUT2D eigenvalue weighted by molar-refractivity contribution is 0.0307. The molecule has 1 amide bonds. The van der Waals surface area contributed by atoms with Gasteiger partial charge in [-0.3, -0.25) is 4.79 Å². The van der Waals surface area contributed by atoms with E-state index in [2.05, 4.69) is 0 Å². The quantitative estimate of drug-likeness (QED) is 0.750. The molecular weight excluding hydrogens is 221 g/mol. The first-order valence-corrected chi connectivity index (χ1v) is 5.63. The third kappa shape index (κ3) is 2.17. The molecule has 17 heavy (non-hydrogen) atoms. The third-order valence-corrected chi connectivity index (χ3v) is 2.98. The molecule has 0 N–H and O–H groups in total. The van der Waals surface area contributed by atoms with Crippen LogP contribution < -0.4 is 0 Å². The molecule has 1 heterocycles. The van der Waals surface area contributed by atoms with Gasteiger partial charge in [0, 0.05) is 5.56 Å². The lowest BCUT2D eigenvalue weighted by Crippen LogP contribution is -2.47. The topological polar surface area (TPSA) is 29.5 Å². The standard InChI is InChI=1S/C13H16FNO2/c1-9-15(13(2,3)8-17-9)12(16)10-5-4-6-11(14)7-10/h4-7,9H,8H2,1-3H3. The fraction of sp³-hybridized carbons (Fsp3) is 0.462. The van der Waals surface area contributed by atoms with Crippen molar-refractivity contribution in [2.24, 2.45) is 0 Å². The predicted octanol–water partition coefficient (Wildman–Crippen LogP) is 2.42. The smallest absolute Gasteiger partial charge is 0.256 e. The van der Waals surface area contributed by atoms with Crippen molar-refractivity contribution in [1.29, 1.82) is 0 Å². The highest BCUT2D eigenvalue weighted by Crippen LogP contribution is 2.28. The van der Waals surface area contributed by atoms with Gasteiger partial charge in [-0.15, -0.1) is 0 Å². The number of hydrogen-bond acceptors (Lipinski definition) is 2. The Morgan fingerprint density at radius 2 is 2.24 bits per heavy atom. The van der Waals surface area contributed by atoms with Gasteiger partial charge in [0.1, 0.15) is 12.0 Å². The maximum absolute atomic E-state index is 13.1. The van der Waals surface area contributed by atoms with E-state index in [0.29, 0.717) is 12.2 Å². The van der Waals surface area contributed by atoms with Crippen LogP contribution in [0.2, 0.25) is 0 Å². The summed E-state index contributed by atoms with van der Waals surface area (Å²) in [6.07, 6.45) is -0.277. The average Bonchev–Trinajstić information content (AvgIpc) is 2.52. The summed E-state index contributed by atoms with van der Waals surface area (Å²) in [5, 5.41) is 0. The Morgan fingerprint density at radius 3 is 2.76 bits per heavy atom. The van der Waals surface area contributed by atoms with Crippen LogP contribution >= 0.6 is 0 Å². The molecule has 1 unspecified atom stereocenters. The number of hydrogen-bond donors (Lipinski definition) is 0. The molecule has 0 bridgehead atoms. The second-order valence-electron chi connectivity index (χ2n) is 4.91. The van der Waals surface area contributed by atoms with E-state index >= 15 is 0 Å². The van der Waals surface area contributed by atoms with Gasteiger partial charge in [-0.05, 0) is 39.0 Å². The summed E-state index contributed by atoms with van der Waals surface area (Å²) in [6.45, 7) is 6.20. The number of halogens is 1. The van der Waals surface area contributed by atoms with Crippen LogP contribution in [0.3, 0.4) is 0 Å². The number of amides is 1. The van der Waals surface area contributed by atoms with E-state index in [1.165, 1.54) is 18.2 Å². The van der Waals surface area contributed by atoms with Crippen molar-refractivity contribution in [3.8, 4) is 0 Å². The Bertz CT molecular complexity index is 445. The molecule has 2 rings (SSSR count). The zero-order valence-corrected chi connectivity index (χ0v) is 10.2. The average molecular weight is 237 g/mol. The van der Waals surface area contributed by atoms with Crippen LogP contribution in [0, 0.1) is 5.82 Å². The van der Waals surface area contributed by atoms with E-state index in [1.807, 2.05) is 20.8 Å². The number of nitrogens with zero attached hydrogens (tertiary/aromatic N) is 1. The van der Waals surface area contributed by atoms with E-state index < -0.39 is 5.82 Å². The van der Waals surface area contributed by atoms with Gasteiger partial charge in [0.25, 0.3) is 5.91 Å². The Hall–Kier alpha value is -1.42. The lowest BCUT2D eigenvalue weighted by Gasteiger charge is -2.32. The fourth-order valence-corrected chi connectivity index (χ4v) is 2.16. The summed E-state index contributed by atoms with van der Waals surface area (Å²) >= 11 is 0. The number of benzene rings is 1. The van der Waals surface area contributed by atoms with Crippen molar-refractivity contribution in [1.82, 2.24) is 4.90 Å². The number of carbonyl (C=O) groups is 1. The maximum atomic E-state index is 13.1. The summed E-state index contributed by atoms with van der Waals surface area (Å²) in [5.41, 5.74) is -0.00144. The molecule has 3 nitrogen and oxygen atoms in total. The molecule has 1 atom stereocenters. The molecule has 1 aliphatic heterocycles. The molecule has 0 aromatic heterocycles. The molecule has 1 aromatic carbocycles. The molecule has 0 spiro atoms. The monoisotopic (exact) mass is 237 g/mol. The molecular formula is C13H16FNO2. The highest BCUT2D eigenvalue weighted by molar-refractivity contribution is 5.95. The minimum Gasteiger partial charge on any atom is -0.356 e. The molecule has 4 heteroatoms. The van der Waals surface area contributed by atoms with Gasteiger partial charge in [0.15, 0.2) is 0 Å². The van der Waals surface area contributed by atoms with Gasteiger partial charge >= 0.3 is 0 Å². The molecule has 0 radical (unpaired) electrons. The first-order chi connectivity index (χ1) is 7.92. The van der Waals surface area contributed by atoms with Crippen molar-refractivity contribution in [2.45, 2.75) is 32.5 Å². The second-order valence-corrected chi connectivity index (χ2v) is 4.91. The zero-order chi connectivity index (χ0) is 12.6. The Labute approximate surface area is 100 Å². The fourth-order valence-electron chi connectivity index (χ4n) is 2.16. The van der Waals surface area contributed by atoms with Crippen LogP contribution in [-0.2, 0) is 4.74 Å². The van der Waals surface area contributed by atoms with Gasteiger partial charge in [-0.2, -0.15) is 0 Å². The van der Waals surface area contributed by atoms with Crippen LogP contribution in [0.5, 0.6) is 0 Å². The normalized spacial score (nSPS) is 22.8. The van der Waals surface area contributed by atoms with Crippen LogP contribution in [0.15, 0.2) is 24.3 Å². The van der Waals surface area contributed by atoms with E-state index in [-0.39, 0.29) is 17.7 Å². The van der Waals surface area contributed by atoms with Gasteiger partial charge in [-0.1, -0.05) is 6.07 Å². The van der Waals surface area contributed by atoms with Gasteiger partial charge in [0.2, 0.25) is 0 Å². The molecule has 1 fully saturated rings. The van der Waals surface area contributed by atoms with E-state index in [0.717, 1.165) is 0 Å². The van der Waals surface area contributed by atoms with Crippen LogP contribution in [0.4, 0.5) is 4.39 Å². The highest BCUT2D eigenvalue weighted by Gasteiger charge is 2.41. The third-order valence-electron chi connectivity index (χ3n) is 2.98. The van der Waals surface area contributed by atoms with Crippen molar-refractivity contribution < 1.29 is 13.9 Å². The van der Waals surface area contributed by atoms with Gasteiger partial charge < -0.3 is 9.64 Å². The van der Waals surface area contributed by atoms with E-state index in [9.17, 15) is 9.18 Å². The Balaban J connectivity index is 2.31. The van der Waals surface area contributed by atoms with Crippen molar-refractivity contribution in [3.63, 3.8) is 0 Å². The SMILES string of the molecule is CC1OCC(C)(C)N1C(=O)c1cccc(F)c1.